The summed E-state index contributed by atoms with van der Waals surface area (Å²) < 4.78 is 4.87. The topological polar surface area (TPSA) is 38.3 Å². The number of rotatable bonds is 8. The molecular formula is C16H23NO2. The molecule has 1 N–H and O–H groups in total. The minimum absolute atomic E-state index is 0.314. The third-order valence-electron chi connectivity index (χ3n) is 3.03. The maximum Gasteiger partial charge on any atom is 0.334 e. The Hall–Kier alpha value is -1.61. The molecule has 1 aromatic rings. The van der Waals surface area contributed by atoms with Gasteiger partial charge in [0.2, 0.25) is 0 Å². The van der Waals surface area contributed by atoms with Crippen molar-refractivity contribution in [2.45, 2.75) is 26.2 Å². The first-order valence-electron chi connectivity index (χ1n) is 6.75. The van der Waals surface area contributed by atoms with E-state index in [-0.39, 0.29) is 5.97 Å². The van der Waals surface area contributed by atoms with Crippen LogP contribution in [0.25, 0.3) is 0 Å². The van der Waals surface area contributed by atoms with Gasteiger partial charge in [0.15, 0.2) is 0 Å². The summed E-state index contributed by atoms with van der Waals surface area (Å²) in [7, 11) is 0. The summed E-state index contributed by atoms with van der Waals surface area (Å²) >= 11 is 0. The molecule has 1 aromatic carbocycles. The summed E-state index contributed by atoms with van der Waals surface area (Å²) in [6.45, 7) is 9.44. The average Bonchev–Trinajstić information content (AvgIpc) is 2.44. The predicted molar refractivity (Wildman–Crippen MR) is 78.1 cm³/mol. The maximum atomic E-state index is 11.3. The second-order valence-corrected chi connectivity index (χ2v) is 4.60. The highest BCUT2D eigenvalue weighted by Crippen LogP contribution is 2.17. The van der Waals surface area contributed by atoms with Crippen molar-refractivity contribution in [3.05, 3.63) is 48.0 Å². The minimum atomic E-state index is -0.314. The fourth-order valence-electron chi connectivity index (χ4n) is 1.81. The van der Waals surface area contributed by atoms with E-state index in [0.29, 0.717) is 24.6 Å². The summed E-state index contributed by atoms with van der Waals surface area (Å²) in [6, 6.07) is 10.4. The van der Waals surface area contributed by atoms with Crippen LogP contribution in [0.3, 0.4) is 0 Å². The Morgan fingerprint density at radius 1 is 1.37 bits per heavy atom. The van der Waals surface area contributed by atoms with Gasteiger partial charge in [0.25, 0.3) is 0 Å². The summed E-state index contributed by atoms with van der Waals surface area (Å²) in [5.74, 6) is 0.190. The van der Waals surface area contributed by atoms with E-state index in [4.69, 9.17) is 4.74 Å². The highest BCUT2D eigenvalue weighted by Gasteiger charge is 2.08. The highest BCUT2D eigenvalue weighted by atomic mass is 16.5. The first kappa shape index (κ1) is 15.4. The van der Waals surface area contributed by atoms with Gasteiger partial charge in [-0.05, 0) is 31.4 Å². The zero-order valence-electron chi connectivity index (χ0n) is 11.8. The van der Waals surface area contributed by atoms with E-state index in [0.717, 1.165) is 13.0 Å². The smallest absolute Gasteiger partial charge is 0.334 e. The second kappa shape index (κ2) is 8.48. The lowest BCUT2D eigenvalue weighted by Gasteiger charge is -2.12. The van der Waals surface area contributed by atoms with Crippen molar-refractivity contribution >= 4 is 5.97 Å². The lowest BCUT2D eigenvalue weighted by atomic mass is 9.98. The largest absolute Gasteiger partial charge is 0.463 e. The van der Waals surface area contributed by atoms with E-state index in [1.807, 2.05) is 6.07 Å². The van der Waals surface area contributed by atoms with Crippen LogP contribution >= 0.6 is 0 Å². The zero-order valence-corrected chi connectivity index (χ0v) is 11.8. The van der Waals surface area contributed by atoms with Gasteiger partial charge < -0.3 is 10.1 Å². The Balaban J connectivity index is 2.21. The van der Waals surface area contributed by atoms with E-state index in [1.54, 1.807) is 6.92 Å². The molecule has 1 rings (SSSR count). The molecule has 0 saturated carbocycles. The molecule has 0 heterocycles. The van der Waals surface area contributed by atoms with Crippen LogP contribution < -0.4 is 5.32 Å². The molecule has 1 unspecified atom stereocenters. The van der Waals surface area contributed by atoms with Gasteiger partial charge >= 0.3 is 5.97 Å². The molecule has 0 aliphatic rings. The van der Waals surface area contributed by atoms with Crippen LogP contribution in [-0.2, 0) is 9.53 Å². The van der Waals surface area contributed by atoms with Crippen LogP contribution in [0.5, 0.6) is 0 Å². The number of benzene rings is 1. The molecule has 0 aromatic heterocycles. The Bertz CT molecular complexity index is 400. The van der Waals surface area contributed by atoms with Crippen LogP contribution in [0.15, 0.2) is 42.5 Å². The molecule has 3 heteroatoms. The Labute approximate surface area is 115 Å². The van der Waals surface area contributed by atoms with Crippen LogP contribution in [0, 0.1) is 0 Å². The van der Waals surface area contributed by atoms with Gasteiger partial charge in [-0.3, -0.25) is 0 Å². The van der Waals surface area contributed by atoms with Crippen LogP contribution in [-0.4, -0.2) is 25.7 Å². The molecular weight excluding hydrogens is 238 g/mol. The maximum absolute atomic E-state index is 11.3. The standard InChI is InChI=1S/C16H23NO2/c1-4-19-16(18)14(3)12-17-11-10-13(2)15-8-6-5-7-9-15/h5-9,13,17H,3-4,10-12H2,1-2H3. The number of carbonyl (C=O) groups is 1. The highest BCUT2D eigenvalue weighted by molar-refractivity contribution is 5.88. The van der Waals surface area contributed by atoms with Gasteiger partial charge in [-0.1, -0.05) is 43.8 Å². The van der Waals surface area contributed by atoms with Crippen molar-refractivity contribution in [3.8, 4) is 0 Å². The van der Waals surface area contributed by atoms with Crippen LogP contribution in [0.4, 0.5) is 0 Å². The summed E-state index contributed by atoms with van der Waals surface area (Å²) in [4.78, 5) is 11.3. The van der Waals surface area contributed by atoms with Crippen molar-refractivity contribution in [1.29, 1.82) is 0 Å². The zero-order chi connectivity index (χ0) is 14.1. The Morgan fingerprint density at radius 3 is 2.68 bits per heavy atom. The molecule has 1 atom stereocenters. The van der Waals surface area contributed by atoms with E-state index in [1.165, 1.54) is 5.56 Å². The third kappa shape index (κ3) is 5.71. The SMILES string of the molecule is C=C(CNCCC(C)c1ccccc1)C(=O)OCC. The Kier molecular flexibility index (Phi) is 6.90. The third-order valence-corrected chi connectivity index (χ3v) is 3.03. The summed E-state index contributed by atoms with van der Waals surface area (Å²) in [5, 5.41) is 3.22. The molecule has 0 radical (unpaired) electrons. The molecule has 3 nitrogen and oxygen atoms in total. The summed E-state index contributed by atoms with van der Waals surface area (Å²) in [5.41, 5.74) is 1.82. The lowest BCUT2D eigenvalue weighted by Crippen LogP contribution is -2.23. The quantitative estimate of drug-likeness (QED) is 0.444. The number of hydrogen-bond donors (Lipinski definition) is 1. The number of nitrogens with one attached hydrogen (secondary N) is 1. The lowest BCUT2D eigenvalue weighted by molar-refractivity contribution is -0.138. The molecule has 0 amide bonds. The van der Waals surface area contributed by atoms with Gasteiger partial charge in [-0.25, -0.2) is 4.79 Å². The molecule has 0 aliphatic carbocycles. The molecule has 0 aliphatic heterocycles. The van der Waals surface area contributed by atoms with Gasteiger partial charge in [0.1, 0.15) is 0 Å². The van der Waals surface area contributed by atoms with Crippen molar-refractivity contribution in [2.24, 2.45) is 0 Å². The predicted octanol–water partition coefficient (Wildman–Crippen LogP) is 2.89. The number of carbonyl (C=O) groups excluding carboxylic acids is 1. The van der Waals surface area contributed by atoms with Gasteiger partial charge in [0.05, 0.1) is 6.61 Å². The minimum Gasteiger partial charge on any atom is -0.463 e. The molecule has 19 heavy (non-hydrogen) atoms. The number of esters is 1. The van der Waals surface area contributed by atoms with E-state index in [2.05, 4.69) is 43.1 Å². The van der Waals surface area contributed by atoms with Gasteiger partial charge in [-0.15, -0.1) is 0 Å². The van der Waals surface area contributed by atoms with Crippen LogP contribution in [0.2, 0.25) is 0 Å². The van der Waals surface area contributed by atoms with E-state index < -0.39 is 0 Å². The number of ether oxygens (including phenoxy) is 1. The van der Waals surface area contributed by atoms with Crippen LogP contribution in [0.1, 0.15) is 31.7 Å². The summed E-state index contributed by atoms with van der Waals surface area (Å²) in [6.07, 6.45) is 1.03. The number of hydrogen-bond acceptors (Lipinski definition) is 3. The Morgan fingerprint density at radius 2 is 2.05 bits per heavy atom. The van der Waals surface area contributed by atoms with Crippen molar-refractivity contribution in [1.82, 2.24) is 5.32 Å². The normalized spacial score (nSPS) is 11.9. The fourth-order valence-corrected chi connectivity index (χ4v) is 1.81. The van der Waals surface area contributed by atoms with E-state index in [9.17, 15) is 4.79 Å². The molecule has 0 fully saturated rings. The van der Waals surface area contributed by atoms with Crippen molar-refractivity contribution < 1.29 is 9.53 Å². The fraction of sp³-hybridized carbons (Fsp3) is 0.438. The van der Waals surface area contributed by atoms with Crippen molar-refractivity contribution in [2.75, 3.05) is 19.7 Å². The first-order chi connectivity index (χ1) is 9.15. The van der Waals surface area contributed by atoms with Crippen molar-refractivity contribution in [3.63, 3.8) is 0 Å². The molecule has 0 spiro atoms. The molecule has 104 valence electrons. The first-order valence-corrected chi connectivity index (χ1v) is 6.75. The molecule has 0 saturated heterocycles. The molecule has 0 bridgehead atoms. The van der Waals surface area contributed by atoms with Gasteiger partial charge in [-0.2, -0.15) is 0 Å². The van der Waals surface area contributed by atoms with Gasteiger partial charge in [0, 0.05) is 12.1 Å². The monoisotopic (exact) mass is 261 g/mol. The van der Waals surface area contributed by atoms with E-state index >= 15 is 0 Å². The second-order valence-electron chi connectivity index (χ2n) is 4.60. The average molecular weight is 261 g/mol.